The third-order valence-electron chi connectivity index (χ3n) is 11.5. The Hall–Kier alpha value is -3.10. The van der Waals surface area contributed by atoms with Crippen molar-refractivity contribution in [3.05, 3.63) is 122 Å². The SMILES string of the molecule is CC/C=C\C/C=C\C/C=C\C/C=C\C/C=C\C/C=C\C/C=C\CCCCCC(=O)OC(COCCCCCCCCCCC/C=C\C/C=C\C/C=C\CCCCCCC)COP(=O)(O)OCC[N+](C)(C)C. The summed E-state index contributed by atoms with van der Waals surface area (Å²) in [5, 5.41) is 0. The van der Waals surface area contributed by atoms with Crippen LogP contribution in [0, 0.1) is 0 Å². The summed E-state index contributed by atoms with van der Waals surface area (Å²) in [6.07, 6.45) is 76.9. The fourth-order valence-corrected chi connectivity index (χ4v) is 7.93. The molecule has 0 aromatic carbocycles. The summed E-state index contributed by atoms with van der Waals surface area (Å²) in [5.74, 6) is -0.351. The van der Waals surface area contributed by atoms with Crippen molar-refractivity contribution in [2.45, 2.75) is 213 Å². The molecule has 0 aromatic heterocycles. The van der Waals surface area contributed by atoms with Gasteiger partial charge in [-0.3, -0.25) is 13.8 Å². The third-order valence-corrected chi connectivity index (χ3v) is 12.5. The Balaban J connectivity index is 4.23. The Morgan fingerprint density at radius 1 is 0.451 bits per heavy atom. The molecule has 0 aromatic rings. The van der Waals surface area contributed by atoms with Gasteiger partial charge in [0.05, 0.1) is 34.4 Å². The van der Waals surface area contributed by atoms with Gasteiger partial charge in [0.15, 0.2) is 0 Å². The van der Waals surface area contributed by atoms with Crippen LogP contribution in [0.3, 0.4) is 0 Å². The Labute approximate surface area is 437 Å². The number of rotatable bonds is 51. The first-order valence-electron chi connectivity index (χ1n) is 28.3. The lowest BCUT2D eigenvalue weighted by Crippen LogP contribution is -2.37. The lowest BCUT2D eigenvalue weighted by atomic mass is 10.1. The topological polar surface area (TPSA) is 91.3 Å². The maximum absolute atomic E-state index is 12.8. The van der Waals surface area contributed by atoms with Crippen LogP contribution < -0.4 is 0 Å². The van der Waals surface area contributed by atoms with Gasteiger partial charge in [0, 0.05) is 13.0 Å². The molecular weight excluding hydrogens is 902 g/mol. The van der Waals surface area contributed by atoms with Gasteiger partial charge in [-0.05, 0) is 109 Å². The zero-order chi connectivity index (χ0) is 51.9. The van der Waals surface area contributed by atoms with Crippen molar-refractivity contribution in [1.29, 1.82) is 0 Å². The predicted molar refractivity (Wildman–Crippen MR) is 307 cm³/mol. The fraction of sp³-hybridized carbons (Fsp3) is 0.661. The minimum Gasteiger partial charge on any atom is -0.457 e. The molecule has 2 unspecified atom stereocenters. The summed E-state index contributed by atoms with van der Waals surface area (Å²) in [4.78, 5) is 23.1. The number of hydrogen-bond donors (Lipinski definition) is 1. The molecule has 0 spiro atoms. The summed E-state index contributed by atoms with van der Waals surface area (Å²) in [7, 11) is 1.62. The van der Waals surface area contributed by atoms with Gasteiger partial charge in [-0.15, -0.1) is 0 Å². The summed E-state index contributed by atoms with van der Waals surface area (Å²) in [6.45, 7) is 5.42. The van der Waals surface area contributed by atoms with Crippen LogP contribution in [0.2, 0.25) is 0 Å². The summed E-state index contributed by atoms with van der Waals surface area (Å²) >= 11 is 0. The highest BCUT2D eigenvalue weighted by atomic mass is 31.2. The molecule has 71 heavy (non-hydrogen) atoms. The molecule has 0 saturated carbocycles. The van der Waals surface area contributed by atoms with Crippen molar-refractivity contribution in [3.63, 3.8) is 0 Å². The average molecular weight is 1010 g/mol. The zero-order valence-electron chi connectivity index (χ0n) is 46.2. The van der Waals surface area contributed by atoms with Crippen molar-refractivity contribution >= 4 is 13.8 Å². The summed E-state index contributed by atoms with van der Waals surface area (Å²) in [5.41, 5.74) is 0. The molecule has 0 aliphatic heterocycles. The average Bonchev–Trinajstić information content (AvgIpc) is 3.33. The van der Waals surface area contributed by atoms with Gasteiger partial charge in [0.2, 0.25) is 0 Å². The van der Waals surface area contributed by atoms with E-state index in [4.69, 9.17) is 18.5 Å². The van der Waals surface area contributed by atoms with Gasteiger partial charge in [-0.2, -0.15) is 0 Å². The van der Waals surface area contributed by atoms with Gasteiger partial charge < -0.3 is 18.9 Å². The normalized spacial score (nSPS) is 14.4. The first-order valence-corrected chi connectivity index (χ1v) is 29.8. The largest absolute Gasteiger partial charge is 0.472 e. The zero-order valence-corrected chi connectivity index (χ0v) is 47.1. The quantitative estimate of drug-likeness (QED) is 0.0213. The van der Waals surface area contributed by atoms with Crippen LogP contribution in [-0.4, -0.2) is 75.6 Å². The summed E-state index contributed by atoms with van der Waals surface area (Å²) < 4.78 is 35.2. The molecule has 8 nitrogen and oxygen atoms in total. The number of nitrogens with zero attached hydrogens (tertiary/aromatic N) is 1. The minimum atomic E-state index is -4.31. The third kappa shape index (κ3) is 57.7. The number of esters is 1. The van der Waals surface area contributed by atoms with E-state index in [0.29, 0.717) is 24.1 Å². The second kappa shape index (κ2) is 53.2. The van der Waals surface area contributed by atoms with Crippen molar-refractivity contribution in [3.8, 4) is 0 Å². The van der Waals surface area contributed by atoms with E-state index < -0.39 is 13.9 Å². The predicted octanol–water partition coefficient (Wildman–Crippen LogP) is 18.1. The number of quaternary nitrogens is 1. The van der Waals surface area contributed by atoms with E-state index >= 15 is 0 Å². The monoisotopic (exact) mass is 1010 g/mol. The molecule has 0 rings (SSSR count). The number of allylic oxidation sites excluding steroid dienone is 20. The standard InChI is InChI=1S/C62H106NO7P/c1-6-8-10-12-14-16-18-20-22-24-26-28-30-32-33-35-37-39-41-43-45-47-49-51-53-55-62(64)70-61(60-69-71(65,66)68-58-56-63(3,4)5)59-67-57-54-52-50-48-46-44-42-40-38-36-34-31-29-27-25-23-21-19-17-15-13-11-9-7-2/h8,10,14,16,19-22,25-28,31-34,37,39,43,45,61H,6-7,9,11-13,15,17-18,23-24,29-30,35-36,38,40-42,44,46-60H2,1-5H3/p+1/b10-8-,16-14-,21-19-,22-20-,27-25-,28-26-,33-32-,34-31-,39-37-,45-43-. The highest BCUT2D eigenvalue weighted by molar-refractivity contribution is 7.47. The van der Waals surface area contributed by atoms with Crippen LogP contribution in [0.25, 0.3) is 0 Å². The number of unbranched alkanes of at least 4 members (excludes halogenated alkanes) is 17. The van der Waals surface area contributed by atoms with Crippen LogP contribution in [-0.2, 0) is 27.9 Å². The summed E-state index contributed by atoms with van der Waals surface area (Å²) in [6, 6.07) is 0. The van der Waals surface area contributed by atoms with Crippen molar-refractivity contribution in [2.24, 2.45) is 0 Å². The molecular formula is C62H107NO7P+. The van der Waals surface area contributed by atoms with Gasteiger partial charge in [0.25, 0.3) is 0 Å². The Kier molecular flexibility index (Phi) is 50.9. The van der Waals surface area contributed by atoms with Gasteiger partial charge in [-0.1, -0.05) is 212 Å². The van der Waals surface area contributed by atoms with E-state index in [1.807, 2.05) is 21.1 Å². The Morgan fingerprint density at radius 3 is 1.23 bits per heavy atom. The highest BCUT2D eigenvalue weighted by Crippen LogP contribution is 2.43. The molecule has 2 atom stereocenters. The number of carbonyl (C=O) groups excluding carboxylic acids is 1. The Morgan fingerprint density at radius 2 is 0.817 bits per heavy atom. The van der Waals surface area contributed by atoms with Gasteiger partial charge in [-0.25, -0.2) is 4.57 Å². The van der Waals surface area contributed by atoms with Gasteiger partial charge in [0.1, 0.15) is 19.3 Å². The lowest BCUT2D eigenvalue weighted by Gasteiger charge is -2.24. The molecule has 1 N–H and O–H groups in total. The van der Waals surface area contributed by atoms with Gasteiger partial charge >= 0.3 is 13.8 Å². The molecule has 0 bridgehead atoms. The van der Waals surface area contributed by atoms with Crippen LogP contribution >= 0.6 is 7.82 Å². The van der Waals surface area contributed by atoms with Crippen molar-refractivity contribution in [1.82, 2.24) is 0 Å². The number of hydrogen-bond acceptors (Lipinski definition) is 6. The van der Waals surface area contributed by atoms with Crippen LogP contribution in [0.1, 0.15) is 206 Å². The second-order valence-corrected chi connectivity index (χ2v) is 21.0. The lowest BCUT2D eigenvalue weighted by molar-refractivity contribution is -0.870. The maximum Gasteiger partial charge on any atom is 0.472 e. The van der Waals surface area contributed by atoms with E-state index in [0.717, 1.165) is 89.9 Å². The molecule has 0 saturated heterocycles. The van der Waals surface area contributed by atoms with Crippen LogP contribution in [0.5, 0.6) is 0 Å². The Bertz CT molecular complexity index is 1550. The molecule has 9 heteroatoms. The molecule has 0 heterocycles. The van der Waals surface area contributed by atoms with Crippen LogP contribution in [0.15, 0.2) is 122 Å². The molecule has 0 radical (unpaired) electrons. The first kappa shape index (κ1) is 67.9. The van der Waals surface area contributed by atoms with Crippen molar-refractivity contribution < 1.29 is 37.3 Å². The number of likely N-dealkylation sites (N-methyl/N-ethyl adjacent to an activating group) is 1. The van der Waals surface area contributed by atoms with E-state index in [2.05, 4.69) is 135 Å². The molecule has 0 amide bonds. The number of ether oxygens (including phenoxy) is 2. The number of carbonyl (C=O) groups is 1. The van der Waals surface area contributed by atoms with E-state index in [9.17, 15) is 14.3 Å². The molecule has 0 aliphatic rings. The fourth-order valence-electron chi connectivity index (χ4n) is 7.19. The maximum atomic E-state index is 12.8. The molecule has 0 aliphatic carbocycles. The number of phosphoric acid groups is 1. The highest BCUT2D eigenvalue weighted by Gasteiger charge is 2.26. The van der Waals surface area contributed by atoms with Crippen LogP contribution in [0.4, 0.5) is 0 Å². The molecule has 0 fully saturated rings. The van der Waals surface area contributed by atoms with E-state index in [1.54, 1.807) is 0 Å². The van der Waals surface area contributed by atoms with Crippen molar-refractivity contribution in [2.75, 3.05) is 54.1 Å². The second-order valence-electron chi connectivity index (χ2n) is 19.6. The molecule has 406 valence electrons. The van der Waals surface area contributed by atoms with E-state index in [-0.39, 0.29) is 32.2 Å². The minimum absolute atomic E-state index is 0.0732. The van der Waals surface area contributed by atoms with E-state index in [1.165, 1.54) is 89.9 Å². The first-order chi connectivity index (χ1) is 34.6. The smallest absolute Gasteiger partial charge is 0.457 e. The number of phosphoric ester groups is 1.